The van der Waals surface area contributed by atoms with Crippen LogP contribution in [-0.4, -0.2) is 45.7 Å². The van der Waals surface area contributed by atoms with E-state index in [1.807, 2.05) is 24.3 Å². The summed E-state index contributed by atoms with van der Waals surface area (Å²) in [6.07, 6.45) is 1.69. The maximum Gasteiger partial charge on any atom is 0.151 e. The molecule has 21 heavy (non-hydrogen) atoms. The van der Waals surface area contributed by atoms with Crippen LogP contribution in [0.1, 0.15) is 19.8 Å². The van der Waals surface area contributed by atoms with E-state index in [-0.39, 0.29) is 11.8 Å². The molecule has 0 bridgehead atoms. The molecule has 1 fully saturated rings. The second-order valence-corrected chi connectivity index (χ2v) is 7.45. The van der Waals surface area contributed by atoms with Crippen molar-refractivity contribution in [3.63, 3.8) is 0 Å². The summed E-state index contributed by atoms with van der Waals surface area (Å²) in [6.45, 7) is 3.95. The largest absolute Gasteiger partial charge is 0.494 e. The molecule has 118 valence electrons. The van der Waals surface area contributed by atoms with Gasteiger partial charge in [0.25, 0.3) is 0 Å². The van der Waals surface area contributed by atoms with Gasteiger partial charge in [-0.25, -0.2) is 8.42 Å². The fourth-order valence-electron chi connectivity index (χ4n) is 2.24. The van der Waals surface area contributed by atoms with Crippen LogP contribution in [0.3, 0.4) is 0 Å². The van der Waals surface area contributed by atoms with Gasteiger partial charge in [-0.3, -0.25) is 0 Å². The van der Waals surface area contributed by atoms with Gasteiger partial charge >= 0.3 is 0 Å². The molecule has 1 aromatic carbocycles. The predicted octanol–water partition coefficient (Wildman–Crippen LogP) is 1.63. The zero-order chi connectivity index (χ0) is 15.1. The standard InChI is InChI=1S/C15H23NO4S/c1-2-9-19-14-3-5-15(6-4-14)20-10-8-16-13-7-11-21(17,18)12-13/h3-6,13,16H,2,7-12H2,1H3. The van der Waals surface area contributed by atoms with Crippen molar-refractivity contribution in [3.8, 4) is 11.5 Å². The number of hydrogen-bond acceptors (Lipinski definition) is 5. The van der Waals surface area contributed by atoms with Crippen molar-refractivity contribution in [1.82, 2.24) is 5.32 Å². The van der Waals surface area contributed by atoms with Gasteiger partial charge in [-0.05, 0) is 37.1 Å². The van der Waals surface area contributed by atoms with E-state index in [0.717, 1.165) is 17.9 Å². The molecule has 0 aliphatic carbocycles. The Balaban J connectivity index is 1.64. The number of rotatable bonds is 8. The van der Waals surface area contributed by atoms with E-state index in [1.165, 1.54) is 0 Å². The van der Waals surface area contributed by atoms with Crippen LogP contribution in [-0.2, 0) is 9.84 Å². The van der Waals surface area contributed by atoms with Crippen LogP contribution >= 0.6 is 0 Å². The van der Waals surface area contributed by atoms with Crippen molar-refractivity contribution < 1.29 is 17.9 Å². The maximum atomic E-state index is 11.3. The third kappa shape index (κ3) is 5.55. The van der Waals surface area contributed by atoms with Crippen molar-refractivity contribution in [2.75, 3.05) is 31.3 Å². The Morgan fingerprint density at radius 1 is 1.14 bits per heavy atom. The topological polar surface area (TPSA) is 64.6 Å². The van der Waals surface area contributed by atoms with Crippen LogP contribution < -0.4 is 14.8 Å². The lowest BCUT2D eigenvalue weighted by Crippen LogP contribution is -2.33. The molecule has 0 saturated carbocycles. The first-order chi connectivity index (χ1) is 10.1. The first-order valence-corrected chi connectivity index (χ1v) is 9.20. The van der Waals surface area contributed by atoms with E-state index in [9.17, 15) is 8.42 Å². The minimum absolute atomic E-state index is 0.0726. The molecule has 0 amide bonds. The molecular weight excluding hydrogens is 290 g/mol. The molecular formula is C15H23NO4S. The molecule has 1 aliphatic heterocycles. The molecule has 1 aromatic rings. The molecule has 2 rings (SSSR count). The third-order valence-corrected chi connectivity index (χ3v) is 5.10. The minimum Gasteiger partial charge on any atom is -0.494 e. The van der Waals surface area contributed by atoms with Crippen molar-refractivity contribution in [3.05, 3.63) is 24.3 Å². The lowest BCUT2D eigenvalue weighted by Gasteiger charge is -2.12. The molecule has 1 saturated heterocycles. The van der Waals surface area contributed by atoms with Gasteiger partial charge in [0, 0.05) is 12.6 Å². The molecule has 0 radical (unpaired) electrons. The predicted molar refractivity (Wildman–Crippen MR) is 82.8 cm³/mol. The number of benzene rings is 1. The Morgan fingerprint density at radius 3 is 2.29 bits per heavy atom. The van der Waals surface area contributed by atoms with Gasteiger partial charge in [0.1, 0.15) is 18.1 Å². The average molecular weight is 313 g/mol. The first kappa shape index (κ1) is 16.1. The van der Waals surface area contributed by atoms with Crippen LogP contribution in [0.25, 0.3) is 0 Å². The van der Waals surface area contributed by atoms with Crippen molar-refractivity contribution in [2.45, 2.75) is 25.8 Å². The Labute approximate surface area is 126 Å². The first-order valence-electron chi connectivity index (χ1n) is 7.38. The molecule has 5 nitrogen and oxygen atoms in total. The summed E-state index contributed by atoms with van der Waals surface area (Å²) in [6, 6.07) is 7.61. The monoisotopic (exact) mass is 313 g/mol. The van der Waals surface area contributed by atoms with Gasteiger partial charge in [-0.15, -0.1) is 0 Å². The van der Waals surface area contributed by atoms with Gasteiger partial charge in [-0.1, -0.05) is 6.92 Å². The van der Waals surface area contributed by atoms with Gasteiger partial charge in [0.05, 0.1) is 18.1 Å². The van der Waals surface area contributed by atoms with E-state index in [4.69, 9.17) is 9.47 Å². The van der Waals surface area contributed by atoms with Crippen molar-refractivity contribution in [1.29, 1.82) is 0 Å². The lowest BCUT2D eigenvalue weighted by molar-refractivity contribution is 0.303. The molecule has 0 aromatic heterocycles. The summed E-state index contributed by atoms with van der Waals surface area (Å²) in [4.78, 5) is 0. The van der Waals surface area contributed by atoms with Crippen LogP contribution in [0.5, 0.6) is 11.5 Å². The van der Waals surface area contributed by atoms with Gasteiger partial charge in [-0.2, -0.15) is 0 Å². The second-order valence-electron chi connectivity index (χ2n) is 5.22. The summed E-state index contributed by atoms with van der Waals surface area (Å²) in [5.74, 6) is 2.18. The fraction of sp³-hybridized carbons (Fsp3) is 0.600. The molecule has 0 spiro atoms. The lowest BCUT2D eigenvalue weighted by atomic mass is 10.3. The molecule has 1 heterocycles. The molecule has 1 aliphatic rings. The zero-order valence-corrected chi connectivity index (χ0v) is 13.2. The van der Waals surface area contributed by atoms with Crippen LogP contribution in [0.4, 0.5) is 0 Å². The van der Waals surface area contributed by atoms with E-state index >= 15 is 0 Å². The zero-order valence-electron chi connectivity index (χ0n) is 12.4. The molecule has 6 heteroatoms. The highest BCUT2D eigenvalue weighted by atomic mass is 32.2. The summed E-state index contributed by atoms with van der Waals surface area (Å²) < 4.78 is 33.7. The van der Waals surface area contributed by atoms with E-state index < -0.39 is 9.84 Å². The highest BCUT2D eigenvalue weighted by Crippen LogP contribution is 2.17. The minimum atomic E-state index is -2.81. The Hall–Kier alpha value is -1.27. The quantitative estimate of drug-likeness (QED) is 0.739. The number of sulfone groups is 1. The van der Waals surface area contributed by atoms with E-state index in [1.54, 1.807) is 0 Å². The summed E-state index contributed by atoms with van der Waals surface area (Å²) in [5, 5.41) is 3.22. The SMILES string of the molecule is CCCOc1ccc(OCCNC2CCS(=O)(=O)C2)cc1. The molecule has 1 unspecified atom stereocenters. The third-order valence-electron chi connectivity index (χ3n) is 3.33. The van der Waals surface area contributed by atoms with Gasteiger partial charge in [0.2, 0.25) is 0 Å². The van der Waals surface area contributed by atoms with E-state index in [0.29, 0.717) is 31.9 Å². The smallest absolute Gasteiger partial charge is 0.151 e. The van der Waals surface area contributed by atoms with Crippen LogP contribution in [0, 0.1) is 0 Å². The van der Waals surface area contributed by atoms with Crippen LogP contribution in [0.2, 0.25) is 0 Å². The molecule has 1 atom stereocenters. The number of hydrogen-bond donors (Lipinski definition) is 1. The second kappa shape index (κ2) is 7.66. The van der Waals surface area contributed by atoms with Crippen molar-refractivity contribution >= 4 is 9.84 Å². The van der Waals surface area contributed by atoms with Gasteiger partial charge in [0.15, 0.2) is 9.84 Å². The Kier molecular flexibility index (Phi) is 5.87. The average Bonchev–Trinajstić information content (AvgIpc) is 2.82. The maximum absolute atomic E-state index is 11.3. The summed E-state index contributed by atoms with van der Waals surface area (Å²) in [5.41, 5.74) is 0. The highest BCUT2D eigenvalue weighted by molar-refractivity contribution is 7.91. The summed E-state index contributed by atoms with van der Waals surface area (Å²) >= 11 is 0. The molecule has 1 N–H and O–H groups in total. The van der Waals surface area contributed by atoms with E-state index in [2.05, 4.69) is 12.2 Å². The highest BCUT2D eigenvalue weighted by Gasteiger charge is 2.26. The Bertz CT molecular complexity index is 527. The fourth-order valence-corrected chi connectivity index (χ4v) is 3.95. The Morgan fingerprint density at radius 2 is 1.76 bits per heavy atom. The summed E-state index contributed by atoms with van der Waals surface area (Å²) in [7, 11) is -2.81. The number of ether oxygens (including phenoxy) is 2. The van der Waals surface area contributed by atoms with Crippen molar-refractivity contribution in [2.24, 2.45) is 0 Å². The normalized spacial score (nSPS) is 20.3. The van der Waals surface area contributed by atoms with Gasteiger partial charge < -0.3 is 14.8 Å². The number of nitrogens with one attached hydrogen (secondary N) is 1. The van der Waals surface area contributed by atoms with Crippen LogP contribution in [0.15, 0.2) is 24.3 Å².